The Balaban J connectivity index is 1.14. The molecule has 1 aliphatic heterocycles. The second-order valence-electron chi connectivity index (χ2n) is 10.6. The Morgan fingerprint density at radius 2 is 1.82 bits per heavy atom. The van der Waals surface area contributed by atoms with E-state index in [1.54, 1.807) is 12.4 Å². The summed E-state index contributed by atoms with van der Waals surface area (Å²) in [4.78, 5) is 30.8. The number of carbonyl (C=O) groups excluding carboxylic acids is 1. The van der Waals surface area contributed by atoms with Gasteiger partial charge < -0.3 is 25.0 Å². The van der Waals surface area contributed by atoms with Crippen LogP contribution in [0.1, 0.15) is 36.8 Å². The maximum absolute atomic E-state index is 13.1. The topological polar surface area (TPSA) is 104 Å². The molecule has 3 aromatic rings. The quantitative estimate of drug-likeness (QED) is 0.502. The van der Waals surface area contributed by atoms with Crippen LogP contribution in [0.25, 0.3) is 17.5 Å². The van der Waals surface area contributed by atoms with Crippen molar-refractivity contribution in [1.29, 1.82) is 0 Å². The molecule has 1 aromatic carbocycles. The highest BCUT2D eigenvalue weighted by Crippen LogP contribution is 2.30. The fraction of sp³-hybridized carbons (Fsp3) is 0.400. The monoisotopic (exact) mass is 526 g/mol. The Morgan fingerprint density at radius 1 is 1.00 bits per heavy atom. The van der Waals surface area contributed by atoms with Gasteiger partial charge in [0, 0.05) is 62.3 Å². The molecule has 39 heavy (non-hydrogen) atoms. The molecule has 2 aromatic heterocycles. The fourth-order valence-corrected chi connectivity index (χ4v) is 5.47. The van der Waals surface area contributed by atoms with Crippen LogP contribution < -0.4 is 10.1 Å². The van der Waals surface area contributed by atoms with Crippen LogP contribution >= 0.6 is 0 Å². The van der Waals surface area contributed by atoms with Gasteiger partial charge in [-0.3, -0.25) is 9.78 Å². The van der Waals surface area contributed by atoms with E-state index in [0.29, 0.717) is 29.5 Å². The van der Waals surface area contributed by atoms with Gasteiger partial charge in [0.15, 0.2) is 0 Å². The van der Waals surface area contributed by atoms with Gasteiger partial charge in [-0.05, 0) is 67.8 Å². The molecule has 202 valence electrons. The molecule has 1 amide bonds. The molecule has 0 radical (unpaired) electrons. The van der Waals surface area contributed by atoms with E-state index >= 15 is 0 Å². The summed E-state index contributed by atoms with van der Waals surface area (Å²) in [6, 6.07) is 11.6. The lowest BCUT2D eigenvalue weighted by molar-refractivity contribution is -0.128. The lowest BCUT2D eigenvalue weighted by Crippen LogP contribution is -2.47. The van der Waals surface area contributed by atoms with Gasteiger partial charge in [0.2, 0.25) is 11.9 Å². The summed E-state index contributed by atoms with van der Waals surface area (Å²) >= 11 is 0. The molecule has 1 saturated heterocycles. The van der Waals surface area contributed by atoms with Crippen molar-refractivity contribution in [1.82, 2.24) is 24.8 Å². The van der Waals surface area contributed by atoms with E-state index < -0.39 is 6.10 Å². The molecule has 9 heteroatoms. The van der Waals surface area contributed by atoms with E-state index in [1.807, 2.05) is 41.3 Å². The molecule has 2 aliphatic carbocycles. The van der Waals surface area contributed by atoms with Crippen molar-refractivity contribution >= 4 is 23.6 Å². The summed E-state index contributed by atoms with van der Waals surface area (Å²) < 4.78 is 6.08. The number of aliphatic hydroxyl groups excluding tert-OH is 1. The number of amides is 1. The summed E-state index contributed by atoms with van der Waals surface area (Å²) in [6.07, 6.45) is 9.16. The summed E-state index contributed by atoms with van der Waals surface area (Å²) in [5.74, 6) is 1.27. The minimum Gasteiger partial charge on any atom is -0.488 e. The van der Waals surface area contributed by atoms with Gasteiger partial charge in [-0.15, -0.1) is 0 Å². The molecule has 2 atom stereocenters. The number of benzene rings is 1. The van der Waals surface area contributed by atoms with Crippen LogP contribution in [0.3, 0.4) is 0 Å². The van der Waals surface area contributed by atoms with Gasteiger partial charge in [-0.1, -0.05) is 12.5 Å². The maximum Gasteiger partial charge on any atom is 0.250 e. The Kier molecular flexibility index (Phi) is 7.26. The molecule has 1 unspecified atom stereocenters. The van der Waals surface area contributed by atoms with E-state index in [0.717, 1.165) is 74.2 Å². The minimum absolute atomic E-state index is 0.140. The highest BCUT2D eigenvalue weighted by atomic mass is 16.5. The zero-order valence-corrected chi connectivity index (χ0v) is 22.2. The number of piperazine rings is 1. The van der Waals surface area contributed by atoms with Gasteiger partial charge in [-0.2, -0.15) is 0 Å². The number of nitrogens with one attached hydrogen (secondary N) is 1. The summed E-state index contributed by atoms with van der Waals surface area (Å²) in [5.41, 5.74) is 5.24. The smallest absolute Gasteiger partial charge is 0.250 e. The molecule has 0 spiro atoms. The lowest BCUT2D eigenvalue weighted by Gasteiger charge is -2.32. The number of pyridine rings is 1. The molecule has 9 nitrogen and oxygen atoms in total. The summed E-state index contributed by atoms with van der Waals surface area (Å²) in [7, 11) is 2.09. The molecule has 0 bridgehead atoms. The first kappa shape index (κ1) is 25.5. The first-order valence-electron chi connectivity index (χ1n) is 13.7. The number of ether oxygens (including phenoxy) is 1. The van der Waals surface area contributed by atoms with Crippen molar-refractivity contribution in [3.05, 3.63) is 65.5 Å². The molecular weight excluding hydrogens is 492 g/mol. The Labute approximate surface area is 228 Å². The number of likely N-dealkylation sites (N-methyl/N-ethyl adjacent to an activating group) is 1. The van der Waals surface area contributed by atoms with Gasteiger partial charge in [0.05, 0.1) is 17.5 Å². The molecule has 2 fully saturated rings. The Bertz CT molecular complexity index is 1380. The SMILES string of the molecule is CN1CCN(C(=O)C2=Cc3cc(Nc4nccc(-c5cc(OC6CCCC[C@@H]6O)ccn5)n4)ccc3C2)CC1. The minimum atomic E-state index is -0.437. The number of aliphatic hydroxyl groups is 1. The summed E-state index contributed by atoms with van der Waals surface area (Å²) in [5, 5.41) is 13.6. The third-order valence-electron chi connectivity index (χ3n) is 7.78. The zero-order chi connectivity index (χ0) is 26.8. The average Bonchev–Trinajstić information content (AvgIpc) is 3.38. The van der Waals surface area contributed by atoms with Crippen molar-refractivity contribution in [2.75, 3.05) is 38.5 Å². The molecule has 3 heterocycles. The Hall–Kier alpha value is -3.82. The van der Waals surface area contributed by atoms with Gasteiger partial charge >= 0.3 is 0 Å². The van der Waals surface area contributed by atoms with Crippen molar-refractivity contribution in [3.63, 3.8) is 0 Å². The van der Waals surface area contributed by atoms with Crippen molar-refractivity contribution in [3.8, 4) is 17.1 Å². The number of hydrogen-bond acceptors (Lipinski definition) is 8. The molecule has 3 aliphatic rings. The standard InChI is InChI=1S/C30H34N6O3/c1-35-12-14-36(15-13-35)29(38)22-16-20-6-7-23(18-21(20)17-22)33-30-32-11-9-25(34-30)26-19-24(8-10-31-26)39-28-5-3-2-4-27(28)37/h6-11,17-19,27-28,37H,2-5,12-16H2,1H3,(H,32,33,34)/t27-,28?/m0/s1. The van der Waals surface area contributed by atoms with E-state index in [-0.39, 0.29) is 12.0 Å². The van der Waals surface area contributed by atoms with Crippen LogP contribution in [-0.4, -0.2) is 81.2 Å². The number of hydrogen-bond donors (Lipinski definition) is 2. The first-order valence-corrected chi connectivity index (χ1v) is 13.7. The van der Waals surface area contributed by atoms with Crippen LogP contribution in [0.2, 0.25) is 0 Å². The number of carbonyl (C=O) groups is 1. The maximum atomic E-state index is 13.1. The Morgan fingerprint density at radius 3 is 2.67 bits per heavy atom. The number of anilines is 2. The van der Waals surface area contributed by atoms with Crippen LogP contribution in [0, 0.1) is 0 Å². The van der Waals surface area contributed by atoms with Crippen molar-refractivity contribution in [2.45, 2.75) is 44.3 Å². The number of fused-ring (bicyclic) bond motifs is 1. The number of aromatic nitrogens is 3. The molecular formula is C30H34N6O3. The number of nitrogens with zero attached hydrogens (tertiary/aromatic N) is 5. The van der Waals surface area contributed by atoms with E-state index in [4.69, 9.17) is 4.74 Å². The van der Waals surface area contributed by atoms with E-state index in [2.05, 4.69) is 38.3 Å². The van der Waals surface area contributed by atoms with Crippen LogP contribution in [0.4, 0.5) is 11.6 Å². The largest absolute Gasteiger partial charge is 0.488 e. The first-order chi connectivity index (χ1) is 19.0. The highest BCUT2D eigenvalue weighted by Gasteiger charge is 2.26. The van der Waals surface area contributed by atoms with Crippen LogP contribution in [-0.2, 0) is 11.2 Å². The molecule has 1 saturated carbocycles. The third-order valence-corrected chi connectivity index (χ3v) is 7.78. The van der Waals surface area contributed by atoms with E-state index in [1.165, 1.54) is 0 Å². The van der Waals surface area contributed by atoms with Crippen LogP contribution in [0.15, 0.2) is 54.4 Å². The lowest BCUT2D eigenvalue weighted by atomic mass is 9.95. The fourth-order valence-electron chi connectivity index (χ4n) is 5.47. The predicted octanol–water partition coefficient (Wildman–Crippen LogP) is 3.68. The highest BCUT2D eigenvalue weighted by molar-refractivity contribution is 6.00. The zero-order valence-electron chi connectivity index (χ0n) is 22.2. The predicted molar refractivity (Wildman–Crippen MR) is 150 cm³/mol. The normalized spacial score (nSPS) is 21.3. The van der Waals surface area contributed by atoms with E-state index in [9.17, 15) is 9.90 Å². The van der Waals surface area contributed by atoms with Crippen molar-refractivity contribution in [2.24, 2.45) is 0 Å². The van der Waals surface area contributed by atoms with Gasteiger partial charge in [0.1, 0.15) is 11.9 Å². The second kappa shape index (κ2) is 11.1. The van der Waals surface area contributed by atoms with Crippen LogP contribution in [0.5, 0.6) is 5.75 Å². The van der Waals surface area contributed by atoms with Gasteiger partial charge in [0.25, 0.3) is 0 Å². The molecule has 6 rings (SSSR count). The number of rotatable bonds is 6. The average molecular weight is 527 g/mol. The second-order valence-corrected chi connectivity index (χ2v) is 10.6. The summed E-state index contributed by atoms with van der Waals surface area (Å²) in [6.45, 7) is 3.37. The van der Waals surface area contributed by atoms with Gasteiger partial charge in [-0.25, -0.2) is 9.97 Å². The van der Waals surface area contributed by atoms with Crippen molar-refractivity contribution < 1.29 is 14.6 Å². The third kappa shape index (κ3) is 5.79. The molecule has 2 N–H and O–H groups in total.